The van der Waals surface area contributed by atoms with Gasteiger partial charge in [-0.3, -0.25) is 13.9 Å². The summed E-state index contributed by atoms with van der Waals surface area (Å²) in [5, 5.41) is 6.30. The lowest BCUT2D eigenvalue weighted by Gasteiger charge is -2.15. The fourth-order valence-corrected chi connectivity index (χ4v) is 4.25. The van der Waals surface area contributed by atoms with Gasteiger partial charge in [-0.25, -0.2) is 4.98 Å². The number of alkyl halides is 6. The van der Waals surface area contributed by atoms with E-state index >= 15 is 0 Å². The van der Waals surface area contributed by atoms with E-state index in [4.69, 9.17) is 0 Å². The first-order chi connectivity index (χ1) is 15.4. The van der Waals surface area contributed by atoms with Crippen LogP contribution in [0.15, 0.2) is 12.1 Å². The first-order valence-corrected chi connectivity index (χ1v) is 10.4. The van der Waals surface area contributed by atoms with Gasteiger partial charge in [-0.05, 0) is 51.7 Å². The molecule has 0 radical (unpaired) electrons. The third-order valence-corrected chi connectivity index (χ3v) is 5.90. The number of imidazole rings is 1. The highest BCUT2D eigenvalue weighted by molar-refractivity contribution is 6.00. The third kappa shape index (κ3) is 4.18. The number of carbonyl (C=O) groups is 1. The van der Waals surface area contributed by atoms with Crippen molar-refractivity contribution < 1.29 is 31.1 Å². The van der Waals surface area contributed by atoms with Crippen LogP contribution in [0.2, 0.25) is 0 Å². The van der Waals surface area contributed by atoms with E-state index in [0.717, 1.165) is 23.0 Å². The van der Waals surface area contributed by atoms with E-state index in [1.54, 1.807) is 6.92 Å². The molecule has 1 aliphatic carbocycles. The molecule has 3 heterocycles. The van der Waals surface area contributed by atoms with Gasteiger partial charge >= 0.3 is 12.4 Å². The van der Waals surface area contributed by atoms with Crippen molar-refractivity contribution in [1.29, 1.82) is 0 Å². The first-order valence-electron chi connectivity index (χ1n) is 10.4. The maximum absolute atomic E-state index is 13.4. The third-order valence-electron chi connectivity index (χ3n) is 5.90. The minimum absolute atomic E-state index is 0.00751. The van der Waals surface area contributed by atoms with E-state index < -0.39 is 29.6 Å². The van der Waals surface area contributed by atoms with Crippen molar-refractivity contribution in [1.82, 2.24) is 24.5 Å². The Labute approximate surface area is 184 Å². The highest BCUT2D eigenvalue weighted by atomic mass is 19.4. The standard InChI is InChI=1S/C21H21F6N5O/c1-11-12(2)32-16(20(22,23)24)8-7-14(18(32)29-11)19(33)28-9-10-31-15-6-4-3-5-13(15)17(30-31)21(25,26)27/h7-8H,3-6,9-10H2,1-2H3,(H,28,33). The van der Waals surface area contributed by atoms with Crippen LogP contribution in [0.4, 0.5) is 26.3 Å². The Kier molecular flexibility index (Phi) is 5.65. The summed E-state index contributed by atoms with van der Waals surface area (Å²) in [5.74, 6) is -0.671. The fourth-order valence-electron chi connectivity index (χ4n) is 4.25. The summed E-state index contributed by atoms with van der Waals surface area (Å²) in [6.45, 7) is 2.98. The average Bonchev–Trinajstić information content (AvgIpc) is 3.25. The minimum Gasteiger partial charge on any atom is -0.350 e. The molecular weight excluding hydrogens is 452 g/mol. The Morgan fingerprint density at radius 1 is 1.06 bits per heavy atom. The number of aromatic nitrogens is 4. The number of hydrogen-bond donors (Lipinski definition) is 1. The van der Waals surface area contributed by atoms with Crippen molar-refractivity contribution >= 4 is 11.6 Å². The number of nitrogens with zero attached hydrogens (tertiary/aromatic N) is 4. The van der Waals surface area contributed by atoms with Gasteiger partial charge in [0.05, 0.1) is 17.8 Å². The predicted molar refractivity (Wildman–Crippen MR) is 106 cm³/mol. The number of carbonyl (C=O) groups excluding carboxylic acids is 1. The first kappa shape index (κ1) is 23.1. The van der Waals surface area contributed by atoms with Crippen molar-refractivity contribution in [3.8, 4) is 0 Å². The number of rotatable bonds is 4. The number of pyridine rings is 1. The predicted octanol–water partition coefficient (Wildman–Crippen LogP) is 4.49. The Morgan fingerprint density at radius 2 is 1.76 bits per heavy atom. The van der Waals surface area contributed by atoms with E-state index in [1.165, 1.54) is 11.6 Å². The largest absolute Gasteiger partial charge is 0.435 e. The smallest absolute Gasteiger partial charge is 0.350 e. The topological polar surface area (TPSA) is 64.2 Å². The molecule has 6 nitrogen and oxygen atoms in total. The number of fused-ring (bicyclic) bond motifs is 2. The molecule has 3 aromatic rings. The number of halogens is 6. The molecule has 1 amide bonds. The van der Waals surface area contributed by atoms with Crippen molar-refractivity contribution in [3.05, 3.63) is 51.7 Å². The zero-order chi connectivity index (χ0) is 24.1. The fraction of sp³-hybridized carbons (Fsp3) is 0.476. The summed E-state index contributed by atoms with van der Waals surface area (Å²) in [5.41, 5.74) is -0.706. The van der Waals surface area contributed by atoms with Crippen molar-refractivity contribution in [3.63, 3.8) is 0 Å². The van der Waals surface area contributed by atoms with Gasteiger partial charge in [0.25, 0.3) is 5.91 Å². The van der Waals surface area contributed by atoms with Crippen LogP contribution in [-0.4, -0.2) is 31.6 Å². The molecule has 0 aliphatic heterocycles. The van der Waals surface area contributed by atoms with Gasteiger partial charge in [0, 0.05) is 23.5 Å². The van der Waals surface area contributed by atoms with Gasteiger partial charge in [0.2, 0.25) is 0 Å². The molecule has 4 rings (SSSR count). The second kappa shape index (κ2) is 8.07. The van der Waals surface area contributed by atoms with Crippen LogP contribution in [-0.2, 0) is 31.7 Å². The van der Waals surface area contributed by atoms with Gasteiger partial charge in [0.1, 0.15) is 5.69 Å². The van der Waals surface area contributed by atoms with E-state index in [2.05, 4.69) is 15.4 Å². The molecule has 0 aromatic carbocycles. The Hall–Kier alpha value is -3.05. The van der Waals surface area contributed by atoms with E-state index in [0.29, 0.717) is 30.7 Å². The zero-order valence-corrected chi connectivity index (χ0v) is 17.9. The van der Waals surface area contributed by atoms with Crippen LogP contribution < -0.4 is 5.32 Å². The zero-order valence-electron chi connectivity index (χ0n) is 17.9. The molecule has 12 heteroatoms. The number of amides is 1. The summed E-state index contributed by atoms with van der Waals surface area (Å²) >= 11 is 0. The molecule has 33 heavy (non-hydrogen) atoms. The van der Waals surface area contributed by atoms with Crippen molar-refractivity contribution in [2.45, 2.75) is 58.4 Å². The minimum atomic E-state index is -4.64. The summed E-state index contributed by atoms with van der Waals surface area (Å²) in [4.78, 5) is 16.8. The molecule has 0 spiro atoms. The molecule has 3 aromatic heterocycles. The maximum atomic E-state index is 13.4. The molecule has 0 saturated carbocycles. The molecule has 0 unspecified atom stereocenters. The second-order valence-electron chi connectivity index (χ2n) is 8.03. The summed E-state index contributed by atoms with van der Waals surface area (Å²) in [6.07, 6.45) is -7.01. The molecule has 0 fully saturated rings. The van der Waals surface area contributed by atoms with Crippen LogP contribution in [0.1, 0.15) is 57.2 Å². The van der Waals surface area contributed by atoms with Gasteiger partial charge in [-0.1, -0.05) is 0 Å². The highest BCUT2D eigenvalue weighted by Crippen LogP contribution is 2.36. The Bertz CT molecular complexity index is 1220. The quantitative estimate of drug-likeness (QED) is 0.568. The summed E-state index contributed by atoms with van der Waals surface area (Å²) in [7, 11) is 0. The monoisotopic (exact) mass is 473 g/mol. The molecule has 0 atom stereocenters. The van der Waals surface area contributed by atoms with Crippen molar-refractivity contribution in [2.24, 2.45) is 0 Å². The number of nitrogens with one attached hydrogen (secondary N) is 1. The van der Waals surface area contributed by atoms with E-state index in [9.17, 15) is 31.1 Å². The summed E-state index contributed by atoms with van der Waals surface area (Å²) < 4.78 is 82.4. The van der Waals surface area contributed by atoms with Crippen LogP contribution in [0, 0.1) is 13.8 Å². The highest BCUT2D eigenvalue weighted by Gasteiger charge is 2.39. The number of hydrogen-bond acceptors (Lipinski definition) is 3. The van der Waals surface area contributed by atoms with E-state index in [-0.39, 0.29) is 35.6 Å². The normalized spacial score (nSPS) is 14.5. The SMILES string of the molecule is Cc1nc2c(C(=O)NCCn3nc(C(F)(F)F)c4c3CCCC4)ccc(C(F)(F)F)n2c1C. The van der Waals surface area contributed by atoms with Gasteiger partial charge in [-0.2, -0.15) is 31.4 Å². The molecule has 178 valence electrons. The lowest BCUT2D eigenvalue weighted by atomic mass is 9.95. The van der Waals surface area contributed by atoms with Crippen molar-refractivity contribution in [2.75, 3.05) is 6.54 Å². The summed E-state index contributed by atoms with van der Waals surface area (Å²) in [6, 6.07) is 1.87. The van der Waals surface area contributed by atoms with Crippen LogP contribution in [0.5, 0.6) is 0 Å². The van der Waals surface area contributed by atoms with Crippen LogP contribution in [0.3, 0.4) is 0 Å². The van der Waals surface area contributed by atoms with Crippen LogP contribution >= 0.6 is 0 Å². The molecule has 1 aliphatic rings. The molecular formula is C21H21F6N5O. The van der Waals surface area contributed by atoms with Gasteiger partial charge < -0.3 is 5.32 Å². The molecule has 0 saturated heterocycles. The maximum Gasteiger partial charge on any atom is 0.435 e. The molecule has 1 N–H and O–H groups in total. The Morgan fingerprint density at radius 3 is 2.42 bits per heavy atom. The Balaban J connectivity index is 1.56. The lowest BCUT2D eigenvalue weighted by molar-refractivity contribution is -0.142. The van der Waals surface area contributed by atoms with E-state index in [1.807, 2.05) is 0 Å². The average molecular weight is 473 g/mol. The van der Waals surface area contributed by atoms with Gasteiger partial charge in [0.15, 0.2) is 11.3 Å². The molecule has 0 bridgehead atoms. The second-order valence-corrected chi connectivity index (χ2v) is 8.03. The van der Waals surface area contributed by atoms with Gasteiger partial charge in [-0.15, -0.1) is 0 Å². The lowest BCUT2D eigenvalue weighted by Crippen LogP contribution is -2.29. The number of aryl methyl sites for hydroxylation is 2. The van der Waals surface area contributed by atoms with Crippen LogP contribution in [0.25, 0.3) is 5.65 Å².